The molecule has 3 rings (SSSR count). The molecular weight excluding hydrogens is 349 g/mol. The molecule has 2 aliphatic heterocycles. The Balaban J connectivity index is 1.79. The van der Waals surface area contributed by atoms with Crippen molar-refractivity contribution >= 4 is 11.9 Å². The summed E-state index contributed by atoms with van der Waals surface area (Å²) >= 11 is 0. The van der Waals surface area contributed by atoms with Crippen LogP contribution in [-0.2, 0) is 20.9 Å². The van der Waals surface area contributed by atoms with Crippen molar-refractivity contribution in [1.29, 1.82) is 0 Å². The number of carbonyl (C=O) groups is 2. The number of fused-ring (bicyclic) bond motifs is 1. The summed E-state index contributed by atoms with van der Waals surface area (Å²) in [6.45, 7) is 2.40. The van der Waals surface area contributed by atoms with Crippen molar-refractivity contribution in [2.45, 2.75) is 38.1 Å². The number of nitrogens with zero attached hydrogens (tertiary/aromatic N) is 2. The zero-order chi connectivity index (χ0) is 18.9. The Bertz CT molecular complexity index is 665. The van der Waals surface area contributed by atoms with Crippen LogP contribution in [0.1, 0.15) is 18.9 Å². The van der Waals surface area contributed by atoms with Crippen LogP contribution in [0.2, 0.25) is 0 Å². The zero-order valence-electron chi connectivity index (χ0n) is 14.4. The van der Waals surface area contributed by atoms with Crippen LogP contribution in [0, 0.1) is 5.92 Å². The number of carbonyl (C=O) groups excluding carboxylic acids is 2. The van der Waals surface area contributed by atoms with E-state index in [1.54, 1.807) is 6.92 Å². The third-order valence-corrected chi connectivity index (χ3v) is 5.06. The minimum absolute atomic E-state index is 0.0181. The van der Waals surface area contributed by atoms with E-state index in [9.17, 15) is 22.8 Å². The topological polar surface area (TPSA) is 49.9 Å². The van der Waals surface area contributed by atoms with Crippen LogP contribution in [0.3, 0.4) is 0 Å². The monoisotopic (exact) mass is 370 g/mol. The smallest absolute Gasteiger partial charge is 0.465 e. The number of hydrogen-bond donors (Lipinski definition) is 0. The lowest BCUT2D eigenvalue weighted by atomic mass is 10.0. The van der Waals surface area contributed by atoms with Gasteiger partial charge >= 0.3 is 18.1 Å². The van der Waals surface area contributed by atoms with Crippen molar-refractivity contribution in [2.75, 3.05) is 19.7 Å². The van der Waals surface area contributed by atoms with E-state index >= 15 is 0 Å². The molecule has 142 valence electrons. The summed E-state index contributed by atoms with van der Waals surface area (Å²) in [4.78, 5) is 26.6. The standard InChI is InChI=1S/C18H21F3N2O3/c1-2-26-16(24)14-8-13-10-22(17(25)18(19,20)21)11-15(13)23(14)9-12-6-4-3-5-7-12/h3-7,13-15H,2,8-11H2,1H3/t13-,14-,15+/m0/s1. The van der Waals surface area contributed by atoms with E-state index in [2.05, 4.69) is 0 Å². The molecule has 0 N–H and O–H groups in total. The van der Waals surface area contributed by atoms with Crippen LogP contribution < -0.4 is 0 Å². The molecular formula is C18H21F3N2O3. The summed E-state index contributed by atoms with van der Waals surface area (Å²) in [7, 11) is 0. The summed E-state index contributed by atoms with van der Waals surface area (Å²) in [5, 5.41) is 0. The van der Waals surface area contributed by atoms with Crippen LogP contribution in [-0.4, -0.2) is 59.6 Å². The van der Waals surface area contributed by atoms with Crippen molar-refractivity contribution < 1.29 is 27.5 Å². The molecule has 1 aromatic rings. The van der Waals surface area contributed by atoms with E-state index in [1.807, 2.05) is 35.2 Å². The summed E-state index contributed by atoms with van der Waals surface area (Å²) < 4.78 is 43.4. The number of rotatable bonds is 4. The highest BCUT2D eigenvalue weighted by atomic mass is 19.4. The first-order valence-electron chi connectivity index (χ1n) is 8.63. The second-order valence-electron chi connectivity index (χ2n) is 6.70. The molecule has 8 heteroatoms. The van der Waals surface area contributed by atoms with Crippen LogP contribution in [0.25, 0.3) is 0 Å². The minimum Gasteiger partial charge on any atom is -0.465 e. The van der Waals surface area contributed by atoms with Crippen LogP contribution in [0.5, 0.6) is 0 Å². The fraction of sp³-hybridized carbons (Fsp3) is 0.556. The first-order valence-corrected chi connectivity index (χ1v) is 8.63. The largest absolute Gasteiger partial charge is 0.471 e. The third-order valence-electron chi connectivity index (χ3n) is 5.06. The first kappa shape index (κ1) is 18.7. The van der Waals surface area contributed by atoms with Crippen molar-refractivity contribution in [2.24, 2.45) is 5.92 Å². The maximum atomic E-state index is 12.7. The number of amides is 1. The maximum absolute atomic E-state index is 12.7. The summed E-state index contributed by atoms with van der Waals surface area (Å²) in [6, 6.07) is 8.65. The van der Waals surface area contributed by atoms with E-state index in [-0.39, 0.29) is 37.6 Å². The van der Waals surface area contributed by atoms with Crippen molar-refractivity contribution in [3.63, 3.8) is 0 Å². The molecule has 1 amide bonds. The molecule has 0 unspecified atom stereocenters. The van der Waals surface area contributed by atoms with Gasteiger partial charge in [-0.05, 0) is 24.8 Å². The average molecular weight is 370 g/mol. The quantitative estimate of drug-likeness (QED) is 0.763. The molecule has 5 nitrogen and oxygen atoms in total. The van der Waals surface area contributed by atoms with Crippen molar-refractivity contribution in [3.05, 3.63) is 35.9 Å². The highest BCUT2D eigenvalue weighted by Crippen LogP contribution is 2.38. The van der Waals surface area contributed by atoms with E-state index in [0.29, 0.717) is 13.0 Å². The molecule has 26 heavy (non-hydrogen) atoms. The Morgan fingerprint density at radius 1 is 1.19 bits per heavy atom. The Morgan fingerprint density at radius 2 is 1.88 bits per heavy atom. The van der Waals surface area contributed by atoms with Gasteiger partial charge in [0.1, 0.15) is 6.04 Å². The summed E-state index contributed by atoms with van der Waals surface area (Å²) in [6.07, 6.45) is -4.47. The first-order chi connectivity index (χ1) is 12.3. The van der Waals surface area contributed by atoms with E-state index in [1.165, 1.54) is 0 Å². The molecule has 1 aromatic carbocycles. The lowest BCUT2D eigenvalue weighted by Crippen LogP contribution is -2.46. The second kappa shape index (κ2) is 7.26. The SMILES string of the molecule is CCOC(=O)[C@@H]1C[C@H]2CN(C(=O)C(F)(F)F)C[C@H]2N1Cc1ccccc1. The predicted octanol–water partition coefficient (Wildman–Crippen LogP) is 2.21. The molecule has 0 radical (unpaired) electrons. The van der Waals surface area contributed by atoms with E-state index in [0.717, 1.165) is 10.5 Å². The molecule has 0 spiro atoms. The Kier molecular flexibility index (Phi) is 5.22. The molecule has 3 atom stereocenters. The molecule has 2 saturated heterocycles. The van der Waals surface area contributed by atoms with Crippen molar-refractivity contribution in [1.82, 2.24) is 9.80 Å². The van der Waals surface area contributed by atoms with Gasteiger partial charge in [0.25, 0.3) is 0 Å². The molecule has 2 aliphatic rings. The van der Waals surface area contributed by atoms with Gasteiger partial charge in [-0.3, -0.25) is 14.5 Å². The van der Waals surface area contributed by atoms with Gasteiger partial charge in [-0.2, -0.15) is 13.2 Å². The molecule has 0 saturated carbocycles. The average Bonchev–Trinajstić information content (AvgIpc) is 3.14. The van der Waals surface area contributed by atoms with Crippen LogP contribution in [0.15, 0.2) is 30.3 Å². The molecule has 0 aromatic heterocycles. The van der Waals surface area contributed by atoms with Gasteiger partial charge < -0.3 is 9.64 Å². The van der Waals surface area contributed by atoms with Crippen LogP contribution in [0.4, 0.5) is 13.2 Å². The lowest BCUT2D eigenvalue weighted by molar-refractivity contribution is -0.184. The molecule has 0 bridgehead atoms. The number of esters is 1. The number of halogens is 3. The second-order valence-corrected chi connectivity index (χ2v) is 6.70. The highest BCUT2D eigenvalue weighted by Gasteiger charge is 2.53. The molecule has 2 heterocycles. The van der Waals surface area contributed by atoms with Gasteiger partial charge in [0.15, 0.2) is 0 Å². The lowest BCUT2D eigenvalue weighted by Gasteiger charge is -2.29. The summed E-state index contributed by atoms with van der Waals surface area (Å²) in [5.41, 5.74) is 0.961. The number of benzene rings is 1. The highest BCUT2D eigenvalue weighted by molar-refractivity contribution is 5.82. The van der Waals surface area contributed by atoms with Gasteiger partial charge in [0, 0.05) is 25.7 Å². The molecule has 2 fully saturated rings. The Labute approximate surface area is 149 Å². The minimum atomic E-state index is -4.87. The number of alkyl halides is 3. The zero-order valence-corrected chi connectivity index (χ0v) is 14.4. The number of ether oxygens (including phenoxy) is 1. The summed E-state index contributed by atoms with van der Waals surface area (Å²) in [5.74, 6) is -2.33. The van der Waals surface area contributed by atoms with Gasteiger partial charge in [-0.25, -0.2) is 0 Å². The van der Waals surface area contributed by atoms with Crippen molar-refractivity contribution in [3.8, 4) is 0 Å². The third kappa shape index (κ3) is 3.70. The fourth-order valence-electron chi connectivity index (χ4n) is 3.95. The van der Waals surface area contributed by atoms with Gasteiger partial charge in [-0.1, -0.05) is 30.3 Å². The normalized spacial score (nSPS) is 26.0. The van der Waals surface area contributed by atoms with E-state index in [4.69, 9.17) is 4.74 Å². The maximum Gasteiger partial charge on any atom is 0.471 e. The fourth-order valence-corrected chi connectivity index (χ4v) is 3.95. The predicted molar refractivity (Wildman–Crippen MR) is 86.9 cm³/mol. The Morgan fingerprint density at radius 3 is 2.50 bits per heavy atom. The van der Waals surface area contributed by atoms with Gasteiger partial charge in [-0.15, -0.1) is 0 Å². The molecule has 0 aliphatic carbocycles. The van der Waals surface area contributed by atoms with Crippen LogP contribution >= 0.6 is 0 Å². The van der Waals surface area contributed by atoms with E-state index < -0.39 is 18.1 Å². The Hall–Kier alpha value is -2.09. The van der Waals surface area contributed by atoms with Gasteiger partial charge in [0.05, 0.1) is 6.61 Å². The number of likely N-dealkylation sites (tertiary alicyclic amines) is 2. The van der Waals surface area contributed by atoms with Gasteiger partial charge in [0.2, 0.25) is 0 Å². The number of hydrogen-bond acceptors (Lipinski definition) is 4.